The third-order valence-corrected chi connectivity index (χ3v) is 4.81. The predicted octanol–water partition coefficient (Wildman–Crippen LogP) is 3.40. The molecule has 6 heteroatoms. The topological polar surface area (TPSA) is 56.1 Å². The monoisotopic (exact) mass is 343 g/mol. The summed E-state index contributed by atoms with van der Waals surface area (Å²) in [4.78, 5) is 2.51. The normalized spacial score (nSPS) is 17.9. The molecule has 1 fully saturated rings. The second kappa shape index (κ2) is 7.52. The second-order valence-electron chi connectivity index (χ2n) is 7.71. The van der Waals surface area contributed by atoms with Crippen LogP contribution in [0.3, 0.4) is 0 Å². The number of hydrogen-bond donors (Lipinski definition) is 0. The van der Waals surface area contributed by atoms with E-state index in [0.717, 1.165) is 30.2 Å². The molecule has 1 aliphatic heterocycles. The van der Waals surface area contributed by atoms with E-state index < -0.39 is 0 Å². The van der Waals surface area contributed by atoms with Gasteiger partial charge in [-0.3, -0.25) is 4.90 Å². The van der Waals surface area contributed by atoms with Crippen molar-refractivity contribution in [3.63, 3.8) is 0 Å². The standard InChI is InChI=1S/C19H29N5O/c1-19(2,3)24-18(20-21-22-24)17(23-13-9-5-6-10-14-23)15-11-7-8-12-16(15)25-4/h7-8,11-12,17H,5-6,9-10,13-14H2,1-4H3/t17-/m0/s1. The summed E-state index contributed by atoms with van der Waals surface area (Å²) in [5.41, 5.74) is 0.956. The quantitative estimate of drug-likeness (QED) is 0.851. The molecule has 0 unspecified atom stereocenters. The van der Waals surface area contributed by atoms with E-state index in [4.69, 9.17) is 4.74 Å². The highest BCUT2D eigenvalue weighted by molar-refractivity contribution is 5.39. The number of methoxy groups -OCH3 is 1. The summed E-state index contributed by atoms with van der Waals surface area (Å²) < 4.78 is 7.62. The largest absolute Gasteiger partial charge is 0.496 e. The Kier molecular flexibility index (Phi) is 5.37. The molecule has 1 aliphatic rings. The number of hydrogen-bond acceptors (Lipinski definition) is 5. The molecule has 0 aliphatic carbocycles. The first-order chi connectivity index (χ1) is 12.0. The summed E-state index contributed by atoms with van der Waals surface area (Å²) in [6.45, 7) is 8.51. The average molecular weight is 343 g/mol. The van der Waals surface area contributed by atoms with Crippen LogP contribution in [0.2, 0.25) is 0 Å². The number of para-hydroxylation sites is 1. The van der Waals surface area contributed by atoms with E-state index in [-0.39, 0.29) is 11.6 Å². The molecule has 0 N–H and O–H groups in total. The van der Waals surface area contributed by atoms with E-state index in [2.05, 4.69) is 53.3 Å². The highest BCUT2D eigenvalue weighted by Gasteiger charge is 2.33. The lowest BCUT2D eigenvalue weighted by Crippen LogP contribution is -2.36. The first kappa shape index (κ1) is 17.9. The molecule has 3 rings (SSSR count). The minimum Gasteiger partial charge on any atom is -0.496 e. The van der Waals surface area contributed by atoms with Gasteiger partial charge in [-0.2, -0.15) is 0 Å². The predicted molar refractivity (Wildman–Crippen MR) is 97.7 cm³/mol. The molecule has 1 aromatic heterocycles. The zero-order valence-corrected chi connectivity index (χ0v) is 15.8. The van der Waals surface area contributed by atoms with Crippen molar-refractivity contribution in [2.24, 2.45) is 0 Å². The minimum absolute atomic E-state index is 0.00322. The maximum Gasteiger partial charge on any atom is 0.173 e. The van der Waals surface area contributed by atoms with Crippen LogP contribution in [-0.2, 0) is 5.54 Å². The highest BCUT2D eigenvalue weighted by atomic mass is 16.5. The summed E-state index contributed by atoms with van der Waals surface area (Å²) in [5, 5.41) is 12.7. The Balaban J connectivity index is 2.11. The van der Waals surface area contributed by atoms with Crippen molar-refractivity contribution in [3.8, 4) is 5.75 Å². The molecule has 2 aromatic rings. The number of benzene rings is 1. The van der Waals surface area contributed by atoms with Gasteiger partial charge in [-0.05, 0) is 63.2 Å². The van der Waals surface area contributed by atoms with E-state index in [9.17, 15) is 0 Å². The van der Waals surface area contributed by atoms with Crippen LogP contribution >= 0.6 is 0 Å². The maximum absolute atomic E-state index is 5.67. The summed E-state index contributed by atoms with van der Waals surface area (Å²) in [7, 11) is 1.73. The molecule has 1 saturated heterocycles. The molecule has 0 radical (unpaired) electrons. The van der Waals surface area contributed by atoms with E-state index in [0.29, 0.717) is 0 Å². The van der Waals surface area contributed by atoms with Gasteiger partial charge in [-0.15, -0.1) is 5.10 Å². The first-order valence-corrected chi connectivity index (χ1v) is 9.18. The zero-order valence-electron chi connectivity index (χ0n) is 15.8. The van der Waals surface area contributed by atoms with Gasteiger partial charge < -0.3 is 4.74 Å². The Hall–Kier alpha value is -1.95. The Morgan fingerprint density at radius 3 is 2.36 bits per heavy atom. The van der Waals surface area contributed by atoms with Crippen molar-refractivity contribution in [2.75, 3.05) is 20.2 Å². The number of tetrazole rings is 1. The Morgan fingerprint density at radius 1 is 1.04 bits per heavy atom. The number of ether oxygens (including phenoxy) is 1. The molecule has 6 nitrogen and oxygen atoms in total. The summed E-state index contributed by atoms with van der Waals surface area (Å²) in [6, 6.07) is 8.23. The fourth-order valence-corrected chi connectivity index (χ4v) is 3.59. The number of rotatable bonds is 4. The smallest absolute Gasteiger partial charge is 0.173 e. The van der Waals surface area contributed by atoms with Crippen molar-refractivity contribution in [1.82, 2.24) is 25.1 Å². The third kappa shape index (κ3) is 3.84. The molecule has 1 aromatic carbocycles. The highest BCUT2D eigenvalue weighted by Crippen LogP contribution is 2.36. The van der Waals surface area contributed by atoms with Gasteiger partial charge >= 0.3 is 0 Å². The summed E-state index contributed by atoms with van der Waals surface area (Å²) >= 11 is 0. The van der Waals surface area contributed by atoms with Gasteiger partial charge in [0.25, 0.3) is 0 Å². The molecule has 136 valence electrons. The molecule has 25 heavy (non-hydrogen) atoms. The fourth-order valence-electron chi connectivity index (χ4n) is 3.59. The zero-order chi connectivity index (χ0) is 17.9. The molecule has 0 amide bonds. The van der Waals surface area contributed by atoms with E-state index in [1.807, 2.05) is 16.8 Å². The fraction of sp³-hybridized carbons (Fsp3) is 0.632. The first-order valence-electron chi connectivity index (χ1n) is 9.18. The van der Waals surface area contributed by atoms with E-state index in [1.54, 1.807) is 7.11 Å². The summed E-state index contributed by atoms with van der Waals surface area (Å²) in [6.07, 6.45) is 5.00. The van der Waals surface area contributed by atoms with Gasteiger partial charge in [0.2, 0.25) is 0 Å². The van der Waals surface area contributed by atoms with Gasteiger partial charge in [-0.1, -0.05) is 31.0 Å². The Morgan fingerprint density at radius 2 is 1.72 bits per heavy atom. The number of likely N-dealkylation sites (tertiary alicyclic amines) is 1. The molecular weight excluding hydrogens is 314 g/mol. The van der Waals surface area contributed by atoms with Crippen molar-refractivity contribution in [3.05, 3.63) is 35.7 Å². The van der Waals surface area contributed by atoms with E-state index in [1.165, 1.54) is 25.7 Å². The van der Waals surface area contributed by atoms with Gasteiger partial charge in [0.05, 0.1) is 12.6 Å². The second-order valence-corrected chi connectivity index (χ2v) is 7.71. The SMILES string of the molecule is COc1ccccc1[C@@H](c1nnnn1C(C)(C)C)N1CCCCCC1. The molecular formula is C19H29N5O. The Bertz CT molecular complexity index is 683. The van der Waals surface area contributed by atoms with Crippen molar-refractivity contribution in [2.45, 2.75) is 58.0 Å². The van der Waals surface area contributed by atoms with Crippen LogP contribution in [-0.4, -0.2) is 45.3 Å². The van der Waals surface area contributed by atoms with Crippen molar-refractivity contribution >= 4 is 0 Å². The van der Waals surface area contributed by atoms with Crippen LogP contribution in [0.25, 0.3) is 0 Å². The van der Waals surface area contributed by atoms with Gasteiger partial charge in [-0.25, -0.2) is 4.68 Å². The van der Waals surface area contributed by atoms with Crippen LogP contribution in [0.4, 0.5) is 0 Å². The Labute approximate surface area is 150 Å². The third-order valence-electron chi connectivity index (χ3n) is 4.81. The van der Waals surface area contributed by atoms with Gasteiger partial charge in [0.15, 0.2) is 5.82 Å². The van der Waals surface area contributed by atoms with Crippen LogP contribution in [0.1, 0.15) is 63.9 Å². The lowest BCUT2D eigenvalue weighted by Gasteiger charge is -2.32. The van der Waals surface area contributed by atoms with Gasteiger partial charge in [0.1, 0.15) is 11.8 Å². The number of nitrogens with zero attached hydrogens (tertiary/aromatic N) is 5. The lowest BCUT2D eigenvalue weighted by atomic mass is 10.0. The molecule has 0 bridgehead atoms. The molecule has 0 saturated carbocycles. The average Bonchev–Trinajstić information content (AvgIpc) is 2.93. The van der Waals surface area contributed by atoms with E-state index >= 15 is 0 Å². The minimum atomic E-state index is -0.176. The van der Waals surface area contributed by atoms with Crippen LogP contribution in [0.5, 0.6) is 5.75 Å². The lowest BCUT2D eigenvalue weighted by molar-refractivity contribution is 0.205. The van der Waals surface area contributed by atoms with Crippen LogP contribution in [0, 0.1) is 0 Å². The number of aromatic nitrogens is 4. The van der Waals surface area contributed by atoms with Crippen LogP contribution in [0.15, 0.2) is 24.3 Å². The van der Waals surface area contributed by atoms with Crippen molar-refractivity contribution < 1.29 is 4.74 Å². The molecule has 1 atom stereocenters. The molecule has 0 spiro atoms. The summed E-state index contributed by atoms with van der Waals surface area (Å²) in [5.74, 6) is 1.78. The van der Waals surface area contributed by atoms with Crippen LogP contribution < -0.4 is 4.74 Å². The molecule has 2 heterocycles. The van der Waals surface area contributed by atoms with Crippen molar-refractivity contribution in [1.29, 1.82) is 0 Å². The van der Waals surface area contributed by atoms with Gasteiger partial charge in [0, 0.05) is 5.56 Å². The maximum atomic E-state index is 5.67.